The van der Waals surface area contributed by atoms with E-state index in [1.807, 2.05) is 24.3 Å². The minimum absolute atomic E-state index is 0.0681. The molecule has 1 saturated heterocycles. The van der Waals surface area contributed by atoms with Gasteiger partial charge in [0.25, 0.3) is 5.91 Å². The monoisotopic (exact) mass is 405 g/mol. The normalized spacial score (nSPS) is 17.5. The minimum Gasteiger partial charge on any atom is -0.369 e. The number of carbonyl (C=O) groups is 2. The molecule has 1 heterocycles. The number of anilines is 1. The summed E-state index contributed by atoms with van der Waals surface area (Å²) in [5.74, 6) is -0.579. The number of hydrogen-bond acceptors (Lipinski definition) is 3. The molecule has 1 fully saturated rings. The summed E-state index contributed by atoms with van der Waals surface area (Å²) in [5.41, 5.74) is 7.60. The van der Waals surface area contributed by atoms with Gasteiger partial charge in [0.05, 0.1) is 16.5 Å². The number of rotatable bonds is 5. The second-order valence-corrected chi connectivity index (χ2v) is 7.60. The highest BCUT2D eigenvalue weighted by Crippen LogP contribution is 2.23. The Bertz CT molecular complexity index is 840. The average Bonchev–Trinajstić information content (AvgIpc) is 2.63. The fraction of sp³-hybridized carbons (Fsp3) is 0.300. The number of hydrogen-bond donors (Lipinski definition) is 2. The van der Waals surface area contributed by atoms with E-state index in [1.54, 1.807) is 18.2 Å². The zero-order chi connectivity index (χ0) is 19.4. The van der Waals surface area contributed by atoms with E-state index in [1.165, 1.54) is 0 Å². The number of nitrogens with one attached hydrogen (secondary N) is 1. The molecule has 0 spiro atoms. The van der Waals surface area contributed by atoms with Crippen LogP contribution >= 0.6 is 23.2 Å². The number of nitrogens with zero attached hydrogens (tertiary/aromatic N) is 1. The summed E-state index contributed by atoms with van der Waals surface area (Å²) >= 11 is 11.9. The second-order valence-electron chi connectivity index (χ2n) is 6.75. The van der Waals surface area contributed by atoms with Crippen molar-refractivity contribution >= 4 is 40.7 Å². The highest BCUT2D eigenvalue weighted by atomic mass is 35.5. The van der Waals surface area contributed by atoms with Crippen molar-refractivity contribution in [3.63, 3.8) is 0 Å². The molecular weight excluding hydrogens is 385 g/mol. The fourth-order valence-electron chi connectivity index (χ4n) is 3.26. The van der Waals surface area contributed by atoms with Gasteiger partial charge in [-0.05, 0) is 55.3 Å². The molecule has 3 rings (SSSR count). The number of piperidine rings is 1. The number of nitrogens with two attached hydrogens (primary N) is 1. The third kappa shape index (κ3) is 5.22. The van der Waals surface area contributed by atoms with Gasteiger partial charge in [-0.15, -0.1) is 0 Å². The van der Waals surface area contributed by atoms with Gasteiger partial charge in [0.15, 0.2) is 0 Å². The number of amides is 2. The van der Waals surface area contributed by atoms with Gasteiger partial charge in [0, 0.05) is 23.8 Å². The minimum atomic E-state index is -0.287. The van der Waals surface area contributed by atoms with Crippen molar-refractivity contribution < 1.29 is 9.59 Å². The zero-order valence-electron chi connectivity index (χ0n) is 14.8. The van der Waals surface area contributed by atoms with Crippen LogP contribution in [0.5, 0.6) is 0 Å². The summed E-state index contributed by atoms with van der Waals surface area (Å²) in [6.45, 7) is 2.40. The standard InChI is InChI=1S/C20H21Cl2N3O2/c21-15-5-8-17(18(22)10-15)20(27)24-16-6-3-13(4-7-16)11-25-9-1-2-14(12-25)19(23)26/h3-8,10,14H,1-2,9,11-12H2,(H2,23,26)(H,24,27)/t14-/m1/s1. The Morgan fingerprint density at radius 3 is 2.56 bits per heavy atom. The van der Waals surface area contributed by atoms with Crippen LogP contribution in [-0.2, 0) is 11.3 Å². The van der Waals surface area contributed by atoms with Crippen molar-refractivity contribution in [1.82, 2.24) is 4.90 Å². The molecule has 2 amide bonds. The molecule has 0 saturated carbocycles. The van der Waals surface area contributed by atoms with Crippen LogP contribution in [0, 0.1) is 5.92 Å². The molecule has 1 aliphatic rings. The molecule has 2 aromatic carbocycles. The third-order valence-corrected chi connectivity index (χ3v) is 5.25. The number of carbonyl (C=O) groups excluding carboxylic acids is 2. The Hall–Kier alpha value is -2.08. The SMILES string of the molecule is NC(=O)[C@@H]1CCCN(Cc2ccc(NC(=O)c3ccc(Cl)cc3Cl)cc2)C1. The molecule has 142 valence electrons. The largest absolute Gasteiger partial charge is 0.369 e. The Labute approximate surface area is 168 Å². The lowest BCUT2D eigenvalue weighted by atomic mass is 9.97. The molecule has 0 radical (unpaired) electrons. The Morgan fingerprint density at radius 2 is 1.89 bits per heavy atom. The summed E-state index contributed by atoms with van der Waals surface area (Å²) < 4.78 is 0. The van der Waals surface area contributed by atoms with Crippen LogP contribution < -0.4 is 11.1 Å². The van der Waals surface area contributed by atoms with Crippen LogP contribution in [0.25, 0.3) is 0 Å². The van der Waals surface area contributed by atoms with Crippen molar-refractivity contribution in [3.8, 4) is 0 Å². The van der Waals surface area contributed by atoms with Crippen LogP contribution in [-0.4, -0.2) is 29.8 Å². The van der Waals surface area contributed by atoms with Gasteiger partial charge in [-0.1, -0.05) is 35.3 Å². The first-order valence-electron chi connectivity index (χ1n) is 8.79. The lowest BCUT2D eigenvalue weighted by molar-refractivity contribution is -0.123. The van der Waals surface area contributed by atoms with E-state index in [9.17, 15) is 9.59 Å². The Kier molecular flexibility index (Phi) is 6.37. The first kappa shape index (κ1) is 19.7. The maximum absolute atomic E-state index is 12.4. The molecule has 2 aromatic rings. The molecular formula is C20H21Cl2N3O2. The van der Waals surface area contributed by atoms with Gasteiger partial charge < -0.3 is 11.1 Å². The van der Waals surface area contributed by atoms with Gasteiger partial charge >= 0.3 is 0 Å². The number of benzene rings is 2. The molecule has 1 aliphatic heterocycles. The summed E-state index contributed by atoms with van der Waals surface area (Å²) in [6.07, 6.45) is 1.84. The Balaban J connectivity index is 1.60. The number of primary amides is 1. The summed E-state index contributed by atoms with van der Waals surface area (Å²) in [5, 5.41) is 3.62. The molecule has 0 aliphatic carbocycles. The van der Waals surface area contributed by atoms with E-state index in [0.717, 1.165) is 31.5 Å². The molecule has 1 atom stereocenters. The van der Waals surface area contributed by atoms with E-state index in [2.05, 4.69) is 10.2 Å². The fourth-order valence-corrected chi connectivity index (χ4v) is 3.75. The Morgan fingerprint density at radius 1 is 1.15 bits per heavy atom. The van der Waals surface area contributed by atoms with E-state index in [-0.39, 0.29) is 17.7 Å². The van der Waals surface area contributed by atoms with Crippen molar-refractivity contribution in [3.05, 3.63) is 63.6 Å². The van der Waals surface area contributed by atoms with Crippen molar-refractivity contribution in [2.24, 2.45) is 11.7 Å². The molecule has 5 nitrogen and oxygen atoms in total. The van der Waals surface area contributed by atoms with Crippen molar-refractivity contribution in [1.29, 1.82) is 0 Å². The van der Waals surface area contributed by atoms with Crippen LogP contribution in [0.1, 0.15) is 28.8 Å². The number of likely N-dealkylation sites (tertiary alicyclic amines) is 1. The molecule has 3 N–H and O–H groups in total. The predicted molar refractivity (Wildman–Crippen MR) is 108 cm³/mol. The highest BCUT2D eigenvalue weighted by Gasteiger charge is 2.23. The molecule has 0 unspecified atom stereocenters. The van der Waals surface area contributed by atoms with Gasteiger partial charge in [-0.3, -0.25) is 14.5 Å². The van der Waals surface area contributed by atoms with Crippen LogP contribution in [0.3, 0.4) is 0 Å². The topological polar surface area (TPSA) is 75.4 Å². The van der Waals surface area contributed by atoms with E-state index >= 15 is 0 Å². The summed E-state index contributed by atoms with van der Waals surface area (Å²) in [4.78, 5) is 26.0. The first-order valence-corrected chi connectivity index (χ1v) is 9.55. The van der Waals surface area contributed by atoms with Crippen molar-refractivity contribution in [2.75, 3.05) is 18.4 Å². The second kappa shape index (κ2) is 8.74. The van der Waals surface area contributed by atoms with E-state index in [4.69, 9.17) is 28.9 Å². The van der Waals surface area contributed by atoms with Gasteiger partial charge in [-0.2, -0.15) is 0 Å². The molecule has 7 heteroatoms. The van der Waals surface area contributed by atoms with Crippen LogP contribution in [0.2, 0.25) is 10.0 Å². The molecule has 27 heavy (non-hydrogen) atoms. The lowest BCUT2D eigenvalue weighted by Crippen LogP contribution is -2.40. The van der Waals surface area contributed by atoms with E-state index < -0.39 is 0 Å². The molecule has 0 aromatic heterocycles. The van der Waals surface area contributed by atoms with Crippen LogP contribution in [0.15, 0.2) is 42.5 Å². The number of halogens is 2. The van der Waals surface area contributed by atoms with Crippen molar-refractivity contribution in [2.45, 2.75) is 19.4 Å². The zero-order valence-corrected chi connectivity index (χ0v) is 16.3. The van der Waals surface area contributed by atoms with Gasteiger partial charge in [-0.25, -0.2) is 0 Å². The van der Waals surface area contributed by atoms with Gasteiger partial charge in [0.1, 0.15) is 0 Å². The maximum Gasteiger partial charge on any atom is 0.257 e. The van der Waals surface area contributed by atoms with E-state index in [0.29, 0.717) is 27.8 Å². The predicted octanol–water partition coefficient (Wildman–Crippen LogP) is 3.94. The maximum atomic E-state index is 12.4. The summed E-state index contributed by atoms with van der Waals surface area (Å²) in [7, 11) is 0. The highest BCUT2D eigenvalue weighted by molar-refractivity contribution is 6.37. The average molecular weight is 406 g/mol. The lowest BCUT2D eigenvalue weighted by Gasteiger charge is -2.31. The third-order valence-electron chi connectivity index (χ3n) is 4.70. The molecule has 0 bridgehead atoms. The van der Waals surface area contributed by atoms with Gasteiger partial charge in [0.2, 0.25) is 5.91 Å². The van der Waals surface area contributed by atoms with Crippen LogP contribution in [0.4, 0.5) is 5.69 Å². The first-order chi connectivity index (χ1) is 12.9. The smallest absolute Gasteiger partial charge is 0.257 e. The quantitative estimate of drug-likeness (QED) is 0.790. The summed E-state index contributed by atoms with van der Waals surface area (Å²) in [6, 6.07) is 12.4.